The van der Waals surface area contributed by atoms with Crippen LogP contribution in [0.25, 0.3) is 0 Å². The summed E-state index contributed by atoms with van der Waals surface area (Å²) in [6.45, 7) is 6.98. The van der Waals surface area contributed by atoms with E-state index in [1.807, 2.05) is 42.1 Å². The number of aromatic nitrogens is 2. The molecule has 1 aromatic carbocycles. The van der Waals surface area contributed by atoms with Gasteiger partial charge in [-0.15, -0.1) is 0 Å². The van der Waals surface area contributed by atoms with Crippen LogP contribution < -0.4 is 20.7 Å². The first-order chi connectivity index (χ1) is 13.2. The zero-order valence-corrected chi connectivity index (χ0v) is 15.9. The quantitative estimate of drug-likeness (QED) is 0.336. The van der Waals surface area contributed by atoms with E-state index in [-0.39, 0.29) is 5.91 Å². The molecule has 0 aliphatic heterocycles. The number of benzene rings is 1. The van der Waals surface area contributed by atoms with Crippen molar-refractivity contribution in [3.63, 3.8) is 0 Å². The molecule has 0 atom stereocenters. The zero-order chi connectivity index (χ0) is 19.3. The first-order valence-corrected chi connectivity index (χ1v) is 9.17. The van der Waals surface area contributed by atoms with Gasteiger partial charge in [0.05, 0.1) is 6.54 Å². The van der Waals surface area contributed by atoms with Crippen molar-refractivity contribution in [2.45, 2.75) is 26.8 Å². The third kappa shape index (κ3) is 8.26. The number of ether oxygens (including phenoxy) is 1. The molecule has 0 unspecified atom stereocenters. The first-order valence-electron chi connectivity index (χ1n) is 9.17. The van der Waals surface area contributed by atoms with E-state index in [1.54, 1.807) is 12.3 Å². The Kier molecular flexibility index (Phi) is 8.68. The monoisotopic (exact) mass is 372 g/mol. The normalized spacial score (nSPS) is 11.1. The van der Waals surface area contributed by atoms with E-state index in [0.29, 0.717) is 18.9 Å². The Balaban J connectivity index is 1.70. The third-order valence-corrected chi connectivity index (χ3v) is 3.54. The topological polar surface area (TPSA) is 92.6 Å². The lowest BCUT2D eigenvalue weighted by atomic mass is 10.3. The second-order valence-corrected chi connectivity index (χ2v) is 5.87. The maximum atomic E-state index is 11.1. The Hall–Kier alpha value is -3.03. The molecule has 0 bridgehead atoms. The van der Waals surface area contributed by atoms with Gasteiger partial charge in [-0.3, -0.25) is 14.5 Å². The van der Waals surface area contributed by atoms with Gasteiger partial charge in [-0.25, -0.2) is 0 Å². The number of hydrogen-bond donors (Lipinski definition) is 3. The van der Waals surface area contributed by atoms with Crippen LogP contribution in [0, 0.1) is 0 Å². The number of amides is 1. The molecule has 146 valence electrons. The van der Waals surface area contributed by atoms with Gasteiger partial charge >= 0.3 is 0 Å². The van der Waals surface area contributed by atoms with Crippen LogP contribution in [0.3, 0.4) is 0 Å². The lowest BCUT2D eigenvalue weighted by Crippen LogP contribution is -2.39. The lowest BCUT2D eigenvalue weighted by molar-refractivity contribution is -0.114. The highest BCUT2D eigenvalue weighted by atomic mass is 16.5. The summed E-state index contributed by atoms with van der Waals surface area (Å²) < 4.78 is 7.62. The molecule has 0 saturated carbocycles. The molecule has 1 heterocycles. The van der Waals surface area contributed by atoms with Gasteiger partial charge in [0.2, 0.25) is 5.91 Å². The molecular formula is C19H28N6O2. The number of guanidine groups is 1. The molecule has 0 aliphatic rings. The van der Waals surface area contributed by atoms with Crippen LogP contribution in [0.1, 0.15) is 20.3 Å². The SMILES string of the molecule is CCNC(=NCCCn1cccn1)NCCOc1cccc(NC(C)=O)c1. The lowest BCUT2D eigenvalue weighted by Gasteiger charge is -2.12. The molecular weight excluding hydrogens is 344 g/mol. The first kappa shape index (κ1) is 20.3. The van der Waals surface area contributed by atoms with Crippen LogP contribution >= 0.6 is 0 Å². The van der Waals surface area contributed by atoms with E-state index >= 15 is 0 Å². The van der Waals surface area contributed by atoms with Gasteiger partial charge in [-0.1, -0.05) is 6.07 Å². The Morgan fingerprint density at radius 3 is 2.93 bits per heavy atom. The smallest absolute Gasteiger partial charge is 0.221 e. The number of anilines is 1. The van der Waals surface area contributed by atoms with Gasteiger partial charge in [0.1, 0.15) is 12.4 Å². The predicted octanol–water partition coefficient (Wildman–Crippen LogP) is 1.87. The Bertz CT molecular complexity index is 715. The van der Waals surface area contributed by atoms with Crippen LogP contribution in [0.4, 0.5) is 5.69 Å². The van der Waals surface area contributed by atoms with E-state index in [1.165, 1.54) is 6.92 Å². The van der Waals surface area contributed by atoms with Crippen molar-refractivity contribution in [2.24, 2.45) is 4.99 Å². The summed E-state index contributed by atoms with van der Waals surface area (Å²) in [7, 11) is 0. The standard InChI is InChI=1S/C19H28N6O2/c1-3-20-19(21-9-5-12-25-13-6-10-23-25)22-11-14-27-18-8-4-7-17(15-18)24-16(2)26/h4,6-8,10,13,15H,3,5,9,11-12,14H2,1-2H3,(H,24,26)(H2,20,21,22). The Morgan fingerprint density at radius 2 is 2.19 bits per heavy atom. The summed E-state index contributed by atoms with van der Waals surface area (Å²) in [4.78, 5) is 15.7. The predicted molar refractivity (Wildman–Crippen MR) is 107 cm³/mol. The van der Waals surface area contributed by atoms with Crippen molar-refractivity contribution in [1.82, 2.24) is 20.4 Å². The van der Waals surface area contributed by atoms with Crippen molar-refractivity contribution >= 4 is 17.6 Å². The van der Waals surface area contributed by atoms with Crippen LogP contribution in [-0.2, 0) is 11.3 Å². The summed E-state index contributed by atoms with van der Waals surface area (Å²) in [5.74, 6) is 1.38. The average Bonchev–Trinajstić information content (AvgIpc) is 3.15. The molecule has 1 aromatic heterocycles. The largest absolute Gasteiger partial charge is 0.492 e. The van der Waals surface area contributed by atoms with Crippen molar-refractivity contribution in [1.29, 1.82) is 0 Å². The summed E-state index contributed by atoms with van der Waals surface area (Å²) in [6.07, 6.45) is 4.65. The molecule has 0 aliphatic carbocycles. The molecule has 1 amide bonds. The molecule has 3 N–H and O–H groups in total. The maximum absolute atomic E-state index is 11.1. The fourth-order valence-corrected chi connectivity index (χ4v) is 2.40. The molecule has 2 aromatic rings. The molecule has 0 radical (unpaired) electrons. The number of aryl methyl sites for hydroxylation is 1. The highest BCUT2D eigenvalue weighted by molar-refractivity contribution is 5.88. The minimum Gasteiger partial charge on any atom is -0.492 e. The molecule has 0 fully saturated rings. The van der Waals surface area contributed by atoms with E-state index in [9.17, 15) is 4.79 Å². The van der Waals surface area contributed by atoms with Crippen molar-refractivity contribution in [2.75, 3.05) is 31.6 Å². The molecule has 27 heavy (non-hydrogen) atoms. The van der Waals surface area contributed by atoms with Gasteiger partial charge in [0.25, 0.3) is 0 Å². The average molecular weight is 372 g/mol. The number of aliphatic imine (C=N–C) groups is 1. The fraction of sp³-hybridized carbons (Fsp3) is 0.421. The minimum absolute atomic E-state index is 0.104. The minimum atomic E-state index is -0.104. The van der Waals surface area contributed by atoms with Crippen LogP contribution in [0.2, 0.25) is 0 Å². The summed E-state index contributed by atoms with van der Waals surface area (Å²) in [6, 6.07) is 9.25. The van der Waals surface area contributed by atoms with E-state index in [4.69, 9.17) is 4.74 Å². The molecule has 8 nitrogen and oxygen atoms in total. The maximum Gasteiger partial charge on any atom is 0.221 e. The highest BCUT2D eigenvalue weighted by Gasteiger charge is 2.00. The number of nitrogens with zero attached hydrogens (tertiary/aromatic N) is 3. The second-order valence-electron chi connectivity index (χ2n) is 5.87. The van der Waals surface area contributed by atoms with Crippen LogP contribution in [0.15, 0.2) is 47.7 Å². The van der Waals surface area contributed by atoms with E-state index < -0.39 is 0 Å². The Labute approximate surface area is 160 Å². The summed E-state index contributed by atoms with van der Waals surface area (Å²) in [5, 5.41) is 13.4. The van der Waals surface area contributed by atoms with Crippen molar-refractivity contribution in [3.05, 3.63) is 42.7 Å². The molecule has 2 rings (SSSR count). The number of hydrogen-bond acceptors (Lipinski definition) is 4. The highest BCUT2D eigenvalue weighted by Crippen LogP contribution is 2.16. The second kappa shape index (κ2) is 11.6. The zero-order valence-electron chi connectivity index (χ0n) is 15.9. The van der Waals surface area contributed by atoms with Gasteiger partial charge in [0.15, 0.2) is 5.96 Å². The van der Waals surface area contributed by atoms with Gasteiger partial charge in [-0.05, 0) is 31.5 Å². The van der Waals surface area contributed by atoms with Crippen molar-refractivity contribution < 1.29 is 9.53 Å². The summed E-state index contributed by atoms with van der Waals surface area (Å²) >= 11 is 0. The number of carbonyl (C=O) groups is 1. The van der Waals surface area contributed by atoms with Gasteiger partial charge in [0, 0.05) is 50.7 Å². The van der Waals surface area contributed by atoms with Crippen LogP contribution in [0.5, 0.6) is 5.75 Å². The van der Waals surface area contributed by atoms with Crippen molar-refractivity contribution in [3.8, 4) is 5.75 Å². The van der Waals surface area contributed by atoms with E-state index in [0.717, 1.165) is 37.7 Å². The third-order valence-electron chi connectivity index (χ3n) is 3.54. The van der Waals surface area contributed by atoms with Gasteiger partial charge in [-0.2, -0.15) is 5.10 Å². The molecule has 8 heteroatoms. The summed E-state index contributed by atoms with van der Waals surface area (Å²) in [5.41, 5.74) is 0.722. The van der Waals surface area contributed by atoms with E-state index in [2.05, 4.69) is 26.0 Å². The Morgan fingerprint density at radius 1 is 1.30 bits per heavy atom. The van der Waals surface area contributed by atoms with Crippen LogP contribution in [-0.4, -0.2) is 47.9 Å². The fourth-order valence-electron chi connectivity index (χ4n) is 2.40. The number of nitrogens with one attached hydrogen (secondary N) is 3. The molecule has 0 saturated heterocycles. The van der Waals surface area contributed by atoms with Gasteiger partial charge < -0.3 is 20.7 Å². The number of carbonyl (C=O) groups excluding carboxylic acids is 1. The molecule has 0 spiro atoms. The number of rotatable bonds is 10.